The highest BCUT2D eigenvalue weighted by Crippen LogP contribution is 2.33. The number of rotatable bonds is 3. The van der Waals surface area contributed by atoms with Crippen LogP contribution in [0.4, 0.5) is 0 Å². The van der Waals surface area contributed by atoms with Gasteiger partial charge < -0.3 is 5.32 Å². The third-order valence-corrected chi connectivity index (χ3v) is 5.16. The molecular weight excluding hydrogens is 234 g/mol. The number of sulfone groups is 1. The van der Waals surface area contributed by atoms with Crippen molar-refractivity contribution >= 4 is 15.9 Å². The maximum atomic E-state index is 12.2. The van der Waals surface area contributed by atoms with Gasteiger partial charge in [-0.1, -0.05) is 17.7 Å². The molecule has 1 N–H and O–H groups in total. The van der Waals surface area contributed by atoms with Crippen molar-refractivity contribution in [3.63, 3.8) is 0 Å². The third-order valence-electron chi connectivity index (χ3n) is 3.26. The van der Waals surface area contributed by atoms with Gasteiger partial charge in [0.1, 0.15) is 0 Å². The van der Waals surface area contributed by atoms with Crippen molar-refractivity contribution in [1.29, 1.82) is 0 Å². The van der Waals surface area contributed by atoms with E-state index in [-0.39, 0.29) is 0 Å². The van der Waals surface area contributed by atoms with Crippen LogP contribution in [0.15, 0.2) is 28.0 Å². The first kappa shape index (κ1) is 11.0. The first-order valence-corrected chi connectivity index (χ1v) is 7.35. The fourth-order valence-electron chi connectivity index (χ4n) is 2.10. The minimum atomic E-state index is -3.23. The Morgan fingerprint density at radius 1 is 1.35 bits per heavy atom. The lowest BCUT2D eigenvalue weighted by molar-refractivity contribution is 0.600. The summed E-state index contributed by atoms with van der Waals surface area (Å²) in [7, 11) is -3.23. The van der Waals surface area contributed by atoms with E-state index in [9.17, 15) is 8.42 Å². The maximum absolute atomic E-state index is 12.2. The second-order valence-corrected chi connectivity index (χ2v) is 6.78. The smallest absolute Gasteiger partial charge is 0.204 e. The van der Waals surface area contributed by atoms with Gasteiger partial charge in [-0.3, -0.25) is 0 Å². The molecule has 0 unspecified atom stereocenters. The highest BCUT2D eigenvalue weighted by molar-refractivity contribution is 7.95. The van der Waals surface area contributed by atoms with Crippen LogP contribution in [-0.4, -0.2) is 21.0 Å². The first-order valence-electron chi connectivity index (χ1n) is 5.87. The van der Waals surface area contributed by atoms with E-state index in [1.54, 1.807) is 12.1 Å². The van der Waals surface area contributed by atoms with Crippen LogP contribution in [0.2, 0.25) is 0 Å². The molecule has 0 saturated heterocycles. The van der Waals surface area contributed by atoms with Crippen LogP contribution >= 0.6 is 0 Å². The zero-order valence-corrected chi connectivity index (χ0v) is 10.5. The molecular formula is C13H15NO2S. The van der Waals surface area contributed by atoms with Gasteiger partial charge in [-0.25, -0.2) is 8.42 Å². The minimum absolute atomic E-state index is 0.454. The average molecular weight is 249 g/mol. The van der Waals surface area contributed by atoms with E-state index < -0.39 is 9.84 Å². The zero-order valence-electron chi connectivity index (χ0n) is 9.73. The minimum Gasteiger partial charge on any atom is -0.309 e. The Hall–Kier alpha value is -1.13. The molecule has 1 aromatic carbocycles. The molecule has 4 heteroatoms. The summed E-state index contributed by atoms with van der Waals surface area (Å²) in [5.74, 6) is 0. The molecule has 0 spiro atoms. The standard InChI is InChI=1S/C13H15NO2S/c1-9-2-5-13-10(6-9)7-12(17(13,15)16)8-14-11-3-4-11/h2,5-7,11,14H,3-4,8H2,1H3. The van der Waals surface area contributed by atoms with Crippen molar-refractivity contribution < 1.29 is 8.42 Å². The summed E-state index contributed by atoms with van der Waals surface area (Å²) in [6.45, 7) is 2.43. The van der Waals surface area contributed by atoms with Gasteiger partial charge >= 0.3 is 0 Å². The van der Waals surface area contributed by atoms with Crippen LogP contribution in [0, 0.1) is 6.92 Å². The van der Waals surface area contributed by atoms with Crippen LogP contribution in [0.5, 0.6) is 0 Å². The molecule has 0 atom stereocenters. The van der Waals surface area contributed by atoms with Crippen molar-refractivity contribution in [2.45, 2.75) is 30.7 Å². The van der Waals surface area contributed by atoms with Gasteiger partial charge in [-0.2, -0.15) is 0 Å². The molecule has 0 aromatic heterocycles. The van der Waals surface area contributed by atoms with Crippen molar-refractivity contribution in [1.82, 2.24) is 5.32 Å². The van der Waals surface area contributed by atoms with Gasteiger partial charge in [-0.15, -0.1) is 0 Å². The van der Waals surface area contributed by atoms with Crippen LogP contribution < -0.4 is 5.32 Å². The lowest BCUT2D eigenvalue weighted by Gasteiger charge is -2.04. The van der Waals surface area contributed by atoms with E-state index in [4.69, 9.17) is 0 Å². The average Bonchev–Trinajstić information content (AvgIpc) is 3.03. The molecule has 1 aromatic rings. The van der Waals surface area contributed by atoms with Crippen LogP contribution in [0.1, 0.15) is 24.0 Å². The molecule has 2 aliphatic rings. The zero-order chi connectivity index (χ0) is 12.0. The lowest BCUT2D eigenvalue weighted by atomic mass is 10.1. The molecule has 1 saturated carbocycles. The summed E-state index contributed by atoms with van der Waals surface area (Å²) >= 11 is 0. The maximum Gasteiger partial charge on any atom is 0.204 e. The Balaban J connectivity index is 1.93. The summed E-state index contributed by atoms with van der Waals surface area (Å²) in [6.07, 6.45) is 4.13. The van der Waals surface area contributed by atoms with Gasteiger partial charge in [0.15, 0.2) is 0 Å². The second kappa shape index (κ2) is 3.68. The molecule has 0 bridgehead atoms. The van der Waals surface area contributed by atoms with E-state index >= 15 is 0 Å². The number of hydrogen-bond donors (Lipinski definition) is 1. The number of hydrogen-bond acceptors (Lipinski definition) is 3. The number of fused-ring (bicyclic) bond motifs is 1. The molecule has 90 valence electrons. The fraction of sp³-hybridized carbons (Fsp3) is 0.385. The van der Waals surface area contributed by atoms with E-state index in [0.29, 0.717) is 22.4 Å². The molecule has 1 aliphatic heterocycles. The summed E-state index contributed by atoms with van der Waals surface area (Å²) < 4.78 is 24.4. The van der Waals surface area contributed by atoms with Gasteiger partial charge in [0, 0.05) is 12.6 Å². The second-order valence-electron chi connectivity index (χ2n) is 4.81. The fourth-order valence-corrected chi connectivity index (χ4v) is 3.61. The Morgan fingerprint density at radius 2 is 2.12 bits per heavy atom. The molecule has 1 fully saturated rings. The van der Waals surface area contributed by atoms with Crippen molar-refractivity contribution in [2.75, 3.05) is 6.54 Å². The van der Waals surface area contributed by atoms with E-state index in [1.165, 1.54) is 12.8 Å². The van der Waals surface area contributed by atoms with Crippen LogP contribution in [0.3, 0.4) is 0 Å². The summed E-state index contributed by atoms with van der Waals surface area (Å²) in [5, 5.41) is 3.26. The molecule has 3 rings (SSSR count). The number of aryl methyl sites for hydroxylation is 1. The highest BCUT2D eigenvalue weighted by atomic mass is 32.2. The number of benzene rings is 1. The van der Waals surface area contributed by atoms with Gasteiger partial charge in [0.2, 0.25) is 9.84 Å². The Kier molecular flexibility index (Phi) is 2.38. The topological polar surface area (TPSA) is 46.2 Å². The van der Waals surface area contributed by atoms with Gasteiger partial charge in [0.25, 0.3) is 0 Å². The van der Waals surface area contributed by atoms with Crippen molar-refractivity contribution in [2.24, 2.45) is 0 Å². The largest absolute Gasteiger partial charge is 0.309 e. The third kappa shape index (κ3) is 1.91. The van der Waals surface area contributed by atoms with Crippen molar-refractivity contribution in [3.05, 3.63) is 34.2 Å². The predicted octanol–water partition coefficient (Wildman–Crippen LogP) is 1.88. The van der Waals surface area contributed by atoms with E-state index in [1.807, 2.05) is 19.1 Å². The quantitative estimate of drug-likeness (QED) is 0.889. The molecule has 1 aliphatic carbocycles. The normalized spacial score (nSPS) is 21.1. The monoisotopic (exact) mass is 249 g/mol. The molecule has 3 nitrogen and oxygen atoms in total. The molecule has 17 heavy (non-hydrogen) atoms. The van der Waals surface area contributed by atoms with E-state index in [0.717, 1.165) is 11.1 Å². The molecule has 0 radical (unpaired) electrons. The van der Waals surface area contributed by atoms with Gasteiger partial charge in [-0.05, 0) is 37.5 Å². The SMILES string of the molecule is Cc1ccc2c(c1)C=C(CNC1CC1)S2(=O)=O. The summed E-state index contributed by atoms with van der Waals surface area (Å²) in [4.78, 5) is 0.959. The van der Waals surface area contributed by atoms with E-state index in [2.05, 4.69) is 5.32 Å². The summed E-state index contributed by atoms with van der Waals surface area (Å²) in [6, 6.07) is 6.01. The Bertz CT molecular complexity index is 598. The first-order chi connectivity index (χ1) is 8.07. The van der Waals surface area contributed by atoms with Crippen molar-refractivity contribution in [3.8, 4) is 0 Å². The summed E-state index contributed by atoms with van der Waals surface area (Å²) in [5.41, 5.74) is 1.92. The molecule has 1 heterocycles. The predicted molar refractivity (Wildman–Crippen MR) is 67.4 cm³/mol. The van der Waals surface area contributed by atoms with Crippen LogP contribution in [0.25, 0.3) is 6.08 Å². The molecule has 0 amide bonds. The highest BCUT2D eigenvalue weighted by Gasteiger charge is 2.30. The Labute approximate surface area is 101 Å². The van der Waals surface area contributed by atoms with Gasteiger partial charge in [0.05, 0.1) is 9.80 Å². The lowest BCUT2D eigenvalue weighted by Crippen LogP contribution is -2.21. The Morgan fingerprint density at radius 3 is 2.82 bits per heavy atom. The van der Waals surface area contributed by atoms with Crippen LogP contribution in [-0.2, 0) is 9.84 Å². The number of nitrogens with one attached hydrogen (secondary N) is 1.